The van der Waals surface area contributed by atoms with Crippen LogP contribution in [0.3, 0.4) is 0 Å². The van der Waals surface area contributed by atoms with Gasteiger partial charge in [0.2, 0.25) is 5.91 Å². The van der Waals surface area contributed by atoms with Crippen molar-refractivity contribution in [2.45, 2.75) is 17.5 Å². The average molecular weight is 445 g/mol. The van der Waals surface area contributed by atoms with Gasteiger partial charge in [-0.3, -0.25) is 14.5 Å². The number of ketones is 1. The number of carbonyl (C=O) groups is 2. The van der Waals surface area contributed by atoms with E-state index in [1.165, 1.54) is 12.1 Å². The average Bonchev–Trinajstić information content (AvgIpc) is 3.48. The number of anilines is 1. The third kappa shape index (κ3) is 2.60. The van der Waals surface area contributed by atoms with E-state index in [-0.39, 0.29) is 23.7 Å². The molecule has 160 valence electrons. The van der Waals surface area contributed by atoms with Gasteiger partial charge >= 0.3 is 0 Å². The Morgan fingerprint density at radius 3 is 2.50 bits per heavy atom. The Morgan fingerprint density at radius 2 is 1.75 bits per heavy atom. The van der Waals surface area contributed by atoms with Gasteiger partial charge < -0.3 is 5.32 Å². The maximum Gasteiger partial charge on any atom is 0.250 e. The Hall–Kier alpha value is -2.96. The van der Waals surface area contributed by atoms with E-state index in [1.807, 2.05) is 48.5 Å². The van der Waals surface area contributed by atoms with Crippen LogP contribution >= 0.6 is 11.8 Å². The van der Waals surface area contributed by atoms with Crippen molar-refractivity contribution in [1.82, 2.24) is 4.90 Å². The smallest absolute Gasteiger partial charge is 0.250 e. The first-order valence-corrected chi connectivity index (χ1v) is 11.9. The first-order chi connectivity index (χ1) is 15.6. The number of nitrogens with zero attached hydrogens (tertiary/aromatic N) is 1. The van der Waals surface area contributed by atoms with Crippen LogP contribution < -0.4 is 5.32 Å². The summed E-state index contributed by atoms with van der Waals surface area (Å²) < 4.78 is 14.5. The lowest BCUT2D eigenvalue weighted by molar-refractivity contribution is -0.127. The second kappa shape index (κ2) is 7.29. The Balaban J connectivity index is 1.63. The Kier molecular flexibility index (Phi) is 4.49. The molecule has 3 aliphatic rings. The molecule has 2 fully saturated rings. The maximum atomic E-state index is 14.5. The van der Waals surface area contributed by atoms with Gasteiger partial charge in [0, 0.05) is 40.4 Å². The molecule has 2 saturated heterocycles. The molecule has 32 heavy (non-hydrogen) atoms. The molecule has 3 aliphatic heterocycles. The normalized spacial score (nSPS) is 28.5. The summed E-state index contributed by atoms with van der Waals surface area (Å²) in [6.45, 7) is 0. The van der Waals surface area contributed by atoms with E-state index in [2.05, 4.69) is 10.2 Å². The molecule has 1 N–H and O–H groups in total. The number of rotatable bonds is 3. The van der Waals surface area contributed by atoms with Crippen LogP contribution in [0, 0.1) is 11.7 Å². The van der Waals surface area contributed by atoms with Gasteiger partial charge in [-0.2, -0.15) is 0 Å². The number of thioether (sulfide) groups is 1. The van der Waals surface area contributed by atoms with Crippen molar-refractivity contribution >= 4 is 29.1 Å². The van der Waals surface area contributed by atoms with Crippen LogP contribution in [-0.4, -0.2) is 34.3 Å². The molecule has 0 aromatic heterocycles. The quantitative estimate of drug-likeness (QED) is 0.598. The summed E-state index contributed by atoms with van der Waals surface area (Å²) in [7, 11) is 0. The predicted octanol–water partition coefficient (Wildman–Crippen LogP) is 4.64. The van der Waals surface area contributed by atoms with Gasteiger partial charge in [-0.05, 0) is 23.8 Å². The van der Waals surface area contributed by atoms with Crippen molar-refractivity contribution in [3.63, 3.8) is 0 Å². The van der Waals surface area contributed by atoms with Crippen LogP contribution in [-0.2, 0) is 10.3 Å². The van der Waals surface area contributed by atoms with Crippen LogP contribution in [0.25, 0.3) is 0 Å². The summed E-state index contributed by atoms with van der Waals surface area (Å²) in [5.41, 5.74) is 1.53. The highest BCUT2D eigenvalue weighted by molar-refractivity contribution is 7.99. The fourth-order valence-electron chi connectivity index (χ4n) is 5.88. The van der Waals surface area contributed by atoms with Crippen LogP contribution in [0.15, 0.2) is 78.9 Å². The number of amides is 1. The van der Waals surface area contributed by atoms with Crippen LogP contribution in [0.4, 0.5) is 10.1 Å². The van der Waals surface area contributed by atoms with Gasteiger partial charge in [0.05, 0.1) is 5.92 Å². The molecule has 1 spiro atoms. The number of fused-ring (bicyclic) bond motifs is 4. The number of hydrogen-bond donors (Lipinski definition) is 1. The van der Waals surface area contributed by atoms with Gasteiger partial charge in [-0.15, -0.1) is 11.8 Å². The minimum Gasteiger partial charge on any atom is -0.324 e. The Morgan fingerprint density at radius 1 is 1.03 bits per heavy atom. The summed E-state index contributed by atoms with van der Waals surface area (Å²) in [4.78, 5) is 30.1. The van der Waals surface area contributed by atoms with E-state index in [9.17, 15) is 14.0 Å². The third-order valence-electron chi connectivity index (χ3n) is 7.11. The second-order valence-electron chi connectivity index (χ2n) is 8.59. The highest BCUT2D eigenvalue weighted by Crippen LogP contribution is 2.61. The molecule has 0 aliphatic carbocycles. The predicted molar refractivity (Wildman–Crippen MR) is 123 cm³/mol. The molecular weight excluding hydrogens is 423 g/mol. The zero-order chi connectivity index (χ0) is 21.9. The molecule has 3 aromatic rings. The highest BCUT2D eigenvalue weighted by Gasteiger charge is 2.69. The molecule has 3 heterocycles. The number of halogens is 1. The lowest BCUT2D eigenvalue weighted by Gasteiger charge is -2.36. The molecule has 0 radical (unpaired) electrons. The molecule has 6 rings (SSSR count). The molecule has 0 saturated carbocycles. The van der Waals surface area contributed by atoms with Crippen LogP contribution in [0.1, 0.15) is 27.4 Å². The first kappa shape index (κ1) is 19.7. The number of benzene rings is 3. The highest BCUT2D eigenvalue weighted by atomic mass is 32.2. The minimum atomic E-state index is -1.24. The summed E-state index contributed by atoms with van der Waals surface area (Å²) in [6, 6.07) is 23.5. The molecule has 0 unspecified atom stereocenters. The monoisotopic (exact) mass is 444 g/mol. The van der Waals surface area contributed by atoms with Gasteiger partial charge in [-0.1, -0.05) is 60.7 Å². The Labute approximate surface area is 189 Å². The second-order valence-corrected chi connectivity index (χ2v) is 9.59. The number of Topliss-reactive ketones (excluding diaryl/α,β-unsaturated/α-hetero) is 1. The number of nitrogens with one attached hydrogen (secondary N) is 1. The molecule has 4 atom stereocenters. The summed E-state index contributed by atoms with van der Waals surface area (Å²) in [5.74, 6) is -0.130. The van der Waals surface area contributed by atoms with E-state index < -0.39 is 17.3 Å². The largest absolute Gasteiger partial charge is 0.324 e. The molecule has 6 heteroatoms. The Bertz CT molecular complexity index is 1220. The van der Waals surface area contributed by atoms with Crippen molar-refractivity contribution in [3.05, 3.63) is 101 Å². The van der Waals surface area contributed by atoms with E-state index in [0.717, 1.165) is 11.3 Å². The van der Waals surface area contributed by atoms with E-state index >= 15 is 0 Å². The van der Waals surface area contributed by atoms with Gasteiger partial charge in [-0.25, -0.2) is 4.39 Å². The molecule has 4 nitrogen and oxygen atoms in total. The summed E-state index contributed by atoms with van der Waals surface area (Å²) >= 11 is 1.76. The fraction of sp³-hybridized carbons (Fsp3) is 0.231. The molecular formula is C26H21FN2O2S. The molecule has 3 aromatic carbocycles. The van der Waals surface area contributed by atoms with Gasteiger partial charge in [0.1, 0.15) is 11.4 Å². The van der Waals surface area contributed by atoms with Crippen molar-refractivity contribution < 1.29 is 14.0 Å². The van der Waals surface area contributed by atoms with Crippen LogP contribution in [0.2, 0.25) is 0 Å². The topological polar surface area (TPSA) is 49.4 Å². The molecule has 0 bridgehead atoms. The first-order valence-electron chi connectivity index (χ1n) is 10.7. The summed E-state index contributed by atoms with van der Waals surface area (Å²) in [6.07, 6.45) is 0. The zero-order valence-corrected chi connectivity index (χ0v) is 18.0. The van der Waals surface area contributed by atoms with Gasteiger partial charge in [0.25, 0.3) is 0 Å². The standard InChI is InChI=1S/C26H21FN2O2S/c27-18-11-12-20-19(13-18)26(25(31)28-20)23(24(30)17-9-5-2-6-10-17)22(16-7-3-1-4-8-16)21-14-32-15-29(21)26/h1-13,21-23H,14-15H2,(H,28,31)/t21-,22-,23+,26+/m1/s1. The molecule has 1 amide bonds. The number of hydrogen-bond acceptors (Lipinski definition) is 4. The van der Waals surface area contributed by atoms with Crippen molar-refractivity contribution in [2.24, 2.45) is 5.92 Å². The lowest BCUT2D eigenvalue weighted by atomic mass is 9.69. The van der Waals surface area contributed by atoms with Crippen LogP contribution in [0.5, 0.6) is 0 Å². The summed E-state index contributed by atoms with van der Waals surface area (Å²) in [5, 5.41) is 2.97. The maximum absolute atomic E-state index is 14.5. The van der Waals surface area contributed by atoms with Crippen molar-refractivity contribution in [3.8, 4) is 0 Å². The third-order valence-corrected chi connectivity index (χ3v) is 8.15. The fourth-order valence-corrected chi connectivity index (χ4v) is 7.20. The van der Waals surface area contributed by atoms with E-state index in [1.54, 1.807) is 30.0 Å². The zero-order valence-electron chi connectivity index (χ0n) is 17.2. The van der Waals surface area contributed by atoms with Crippen molar-refractivity contribution in [2.75, 3.05) is 16.9 Å². The van der Waals surface area contributed by atoms with Crippen molar-refractivity contribution in [1.29, 1.82) is 0 Å². The SMILES string of the molecule is O=C(c1ccccc1)[C@@H]1[C@H](c2ccccc2)[C@H]2CSCN2[C@]12C(=O)Nc1ccc(F)cc12. The number of carbonyl (C=O) groups excluding carboxylic acids is 2. The lowest BCUT2D eigenvalue weighted by Crippen LogP contribution is -2.52. The minimum absolute atomic E-state index is 0.0000274. The van der Waals surface area contributed by atoms with Gasteiger partial charge in [0.15, 0.2) is 5.78 Å². The van der Waals surface area contributed by atoms with E-state index in [0.29, 0.717) is 22.7 Å². The van der Waals surface area contributed by atoms with E-state index in [4.69, 9.17) is 0 Å².